The molecule has 0 N–H and O–H groups in total. The van der Waals surface area contributed by atoms with Crippen molar-refractivity contribution in [2.45, 2.75) is 335 Å². The Bertz CT molecular complexity index is 1230. The van der Waals surface area contributed by atoms with E-state index in [0.29, 0.717) is 19.3 Å². The molecule has 0 spiro atoms. The molecule has 0 fully saturated rings. The summed E-state index contributed by atoms with van der Waals surface area (Å²) in [7, 11) is 0. The third-order valence-electron chi connectivity index (χ3n) is 13.8. The highest BCUT2D eigenvalue weighted by atomic mass is 16.6. The summed E-state index contributed by atoms with van der Waals surface area (Å²) in [4.78, 5) is 38.1. The van der Waals surface area contributed by atoms with Crippen molar-refractivity contribution in [3.8, 4) is 0 Å². The first-order valence-corrected chi connectivity index (χ1v) is 31.1. The van der Waals surface area contributed by atoms with Crippen LogP contribution in [-0.2, 0) is 28.6 Å². The summed E-state index contributed by atoms with van der Waals surface area (Å²) in [6.45, 7) is 6.63. The van der Waals surface area contributed by atoms with Crippen LogP contribution in [0.15, 0.2) is 48.6 Å². The van der Waals surface area contributed by atoms with E-state index in [-0.39, 0.29) is 31.1 Å². The molecular weight excluding hydrogens is 877 g/mol. The van der Waals surface area contributed by atoms with Gasteiger partial charge in [0.15, 0.2) is 6.10 Å². The van der Waals surface area contributed by atoms with Crippen LogP contribution in [0.25, 0.3) is 0 Å². The predicted octanol–water partition coefficient (Wildman–Crippen LogP) is 21.0. The first kappa shape index (κ1) is 68.4. The molecule has 0 saturated carbocycles. The number of rotatable bonds is 57. The molecule has 0 aliphatic rings. The summed E-state index contributed by atoms with van der Waals surface area (Å²) in [5.41, 5.74) is 0. The van der Waals surface area contributed by atoms with Crippen molar-refractivity contribution in [1.29, 1.82) is 0 Å². The number of carbonyl (C=O) groups excluding carboxylic acids is 3. The molecule has 0 aliphatic heterocycles. The van der Waals surface area contributed by atoms with Gasteiger partial charge in [0.25, 0.3) is 0 Å². The first-order chi connectivity index (χ1) is 35.0. The average Bonchev–Trinajstić information content (AvgIpc) is 3.37. The molecule has 0 heterocycles. The number of hydrogen-bond donors (Lipinski definition) is 0. The van der Waals surface area contributed by atoms with Crippen LogP contribution < -0.4 is 0 Å². The van der Waals surface area contributed by atoms with Crippen molar-refractivity contribution in [2.24, 2.45) is 0 Å². The lowest BCUT2D eigenvalue weighted by molar-refractivity contribution is -0.167. The van der Waals surface area contributed by atoms with Gasteiger partial charge in [-0.2, -0.15) is 0 Å². The average molecular weight is 996 g/mol. The van der Waals surface area contributed by atoms with E-state index in [1.165, 1.54) is 218 Å². The van der Waals surface area contributed by atoms with Gasteiger partial charge in [0.2, 0.25) is 0 Å². The standard InChI is InChI=1S/C65H118O6/c1-4-7-10-13-16-19-21-23-25-27-29-30-31-32-33-34-35-36-37-39-40-42-44-46-49-52-55-58-64(67)70-61-62(60-69-63(66)57-54-51-48-18-15-12-9-6-3)71-65(68)59-56-53-50-47-45-43-41-38-28-26-24-22-20-17-14-11-8-5-2/h21,23,26-29,31-32,62H,4-20,22,24-25,30,33-61H2,1-3H3/b23-21-,28-26-,29-27-,32-31-. The molecule has 1 unspecified atom stereocenters. The van der Waals surface area contributed by atoms with Crippen LogP contribution in [-0.4, -0.2) is 37.2 Å². The second-order valence-electron chi connectivity index (χ2n) is 21.0. The summed E-state index contributed by atoms with van der Waals surface area (Å²) in [5, 5.41) is 0. The summed E-state index contributed by atoms with van der Waals surface area (Å²) < 4.78 is 16.8. The fourth-order valence-electron chi connectivity index (χ4n) is 9.09. The van der Waals surface area contributed by atoms with Gasteiger partial charge in [-0.1, -0.05) is 275 Å². The third kappa shape index (κ3) is 58.1. The van der Waals surface area contributed by atoms with Gasteiger partial charge in [0.1, 0.15) is 13.2 Å². The summed E-state index contributed by atoms with van der Waals surface area (Å²) in [6.07, 6.45) is 74.2. The maximum absolute atomic E-state index is 12.8. The van der Waals surface area contributed by atoms with Crippen molar-refractivity contribution in [3.63, 3.8) is 0 Å². The second-order valence-corrected chi connectivity index (χ2v) is 21.0. The molecule has 0 amide bonds. The Hall–Kier alpha value is -2.63. The lowest BCUT2D eigenvalue weighted by Gasteiger charge is -2.18. The Morgan fingerprint density at radius 2 is 0.507 bits per heavy atom. The van der Waals surface area contributed by atoms with E-state index in [1.807, 2.05) is 0 Å². The van der Waals surface area contributed by atoms with Gasteiger partial charge in [-0.15, -0.1) is 0 Å². The minimum Gasteiger partial charge on any atom is -0.462 e. The van der Waals surface area contributed by atoms with Crippen LogP contribution in [0.4, 0.5) is 0 Å². The topological polar surface area (TPSA) is 78.9 Å². The molecule has 0 aliphatic carbocycles. The number of hydrogen-bond acceptors (Lipinski definition) is 6. The highest BCUT2D eigenvalue weighted by molar-refractivity contribution is 5.71. The molecule has 0 aromatic carbocycles. The lowest BCUT2D eigenvalue weighted by atomic mass is 10.0. The van der Waals surface area contributed by atoms with Crippen LogP contribution in [0, 0.1) is 0 Å². The SMILES string of the molecule is CCCCCCC/C=C\C/C=C\C/C=C\CCCCCCCCCCCCCCC(=O)OCC(COC(=O)CCCCCCCCCC)OC(=O)CCCCCCCCC/C=C\CCCCCCCCC. The van der Waals surface area contributed by atoms with Crippen molar-refractivity contribution in [3.05, 3.63) is 48.6 Å². The summed E-state index contributed by atoms with van der Waals surface area (Å²) in [5.74, 6) is -0.867. The molecule has 0 saturated heterocycles. The van der Waals surface area contributed by atoms with Gasteiger partial charge in [0.05, 0.1) is 0 Å². The van der Waals surface area contributed by atoms with Gasteiger partial charge in [-0.3, -0.25) is 14.4 Å². The van der Waals surface area contributed by atoms with Gasteiger partial charge in [-0.05, 0) is 83.5 Å². The zero-order chi connectivity index (χ0) is 51.4. The van der Waals surface area contributed by atoms with Crippen molar-refractivity contribution < 1.29 is 28.6 Å². The monoisotopic (exact) mass is 995 g/mol. The Morgan fingerprint density at radius 1 is 0.282 bits per heavy atom. The number of allylic oxidation sites excluding steroid dienone is 8. The molecule has 6 nitrogen and oxygen atoms in total. The Balaban J connectivity index is 4.15. The fraction of sp³-hybridized carbons (Fsp3) is 0.831. The highest BCUT2D eigenvalue weighted by Crippen LogP contribution is 2.16. The molecule has 0 bridgehead atoms. The predicted molar refractivity (Wildman–Crippen MR) is 307 cm³/mol. The zero-order valence-corrected chi connectivity index (χ0v) is 47.5. The van der Waals surface area contributed by atoms with Gasteiger partial charge < -0.3 is 14.2 Å². The molecule has 1 atom stereocenters. The van der Waals surface area contributed by atoms with Gasteiger partial charge in [-0.25, -0.2) is 0 Å². The van der Waals surface area contributed by atoms with E-state index in [2.05, 4.69) is 69.4 Å². The summed E-state index contributed by atoms with van der Waals surface area (Å²) in [6, 6.07) is 0. The summed E-state index contributed by atoms with van der Waals surface area (Å²) >= 11 is 0. The lowest BCUT2D eigenvalue weighted by Crippen LogP contribution is -2.30. The van der Waals surface area contributed by atoms with Crippen LogP contribution in [0.5, 0.6) is 0 Å². The molecule has 71 heavy (non-hydrogen) atoms. The molecule has 6 heteroatoms. The largest absolute Gasteiger partial charge is 0.462 e. The Morgan fingerprint density at radius 3 is 0.803 bits per heavy atom. The minimum atomic E-state index is -0.772. The minimum absolute atomic E-state index is 0.0723. The van der Waals surface area contributed by atoms with E-state index >= 15 is 0 Å². The first-order valence-electron chi connectivity index (χ1n) is 31.1. The Labute approximate surface area is 441 Å². The van der Waals surface area contributed by atoms with E-state index in [1.54, 1.807) is 0 Å². The molecule has 0 aromatic rings. The smallest absolute Gasteiger partial charge is 0.306 e. The van der Waals surface area contributed by atoms with Crippen molar-refractivity contribution in [2.75, 3.05) is 13.2 Å². The molecule has 0 rings (SSSR count). The quantitative estimate of drug-likeness (QED) is 0.0261. The number of ether oxygens (including phenoxy) is 3. The van der Waals surface area contributed by atoms with E-state index in [9.17, 15) is 14.4 Å². The van der Waals surface area contributed by atoms with Gasteiger partial charge >= 0.3 is 17.9 Å². The number of unbranched alkanes of at least 4 members (excludes halogenated alkanes) is 38. The highest BCUT2D eigenvalue weighted by Gasteiger charge is 2.19. The van der Waals surface area contributed by atoms with E-state index in [0.717, 1.165) is 70.6 Å². The fourth-order valence-corrected chi connectivity index (χ4v) is 9.09. The number of carbonyl (C=O) groups is 3. The van der Waals surface area contributed by atoms with E-state index < -0.39 is 6.10 Å². The number of esters is 3. The van der Waals surface area contributed by atoms with Gasteiger partial charge in [0, 0.05) is 19.3 Å². The molecular formula is C65H118O6. The second kappa shape index (κ2) is 59.9. The maximum Gasteiger partial charge on any atom is 0.306 e. The molecule has 0 aromatic heterocycles. The molecule has 0 radical (unpaired) electrons. The van der Waals surface area contributed by atoms with Crippen LogP contribution >= 0.6 is 0 Å². The third-order valence-corrected chi connectivity index (χ3v) is 13.8. The molecule has 414 valence electrons. The van der Waals surface area contributed by atoms with Crippen LogP contribution in [0.3, 0.4) is 0 Å². The van der Waals surface area contributed by atoms with Crippen LogP contribution in [0.1, 0.15) is 329 Å². The van der Waals surface area contributed by atoms with E-state index in [4.69, 9.17) is 14.2 Å². The van der Waals surface area contributed by atoms with Crippen LogP contribution in [0.2, 0.25) is 0 Å². The zero-order valence-electron chi connectivity index (χ0n) is 47.5. The Kier molecular flexibility index (Phi) is 57.7. The van der Waals surface area contributed by atoms with Crippen molar-refractivity contribution >= 4 is 17.9 Å². The van der Waals surface area contributed by atoms with Crippen molar-refractivity contribution in [1.82, 2.24) is 0 Å². The normalized spacial score (nSPS) is 12.3. The maximum atomic E-state index is 12.8.